The predicted molar refractivity (Wildman–Crippen MR) is 34.5 cm³/mol. The van der Waals surface area contributed by atoms with Crippen molar-refractivity contribution in [3.05, 3.63) is 0 Å². The highest BCUT2D eigenvalue weighted by Crippen LogP contribution is 2.04. The summed E-state index contributed by atoms with van der Waals surface area (Å²) in [4.78, 5) is 0. The van der Waals surface area contributed by atoms with Crippen molar-refractivity contribution < 1.29 is 5.21 Å². The van der Waals surface area contributed by atoms with Crippen LogP contribution in [-0.4, -0.2) is 29.1 Å². The first kappa shape index (κ1) is 5.91. The summed E-state index contributed by atoms with van der Waals surface area (Å²) in [6.07, 6.45) is 0. The molecule has 1 saturated heterocycles. The molecule has 2 N–H and O–H groups in total. The monoisotopic (exact) mass is 132 g/mol. The van der Waals surface area contributed by atoms with Crippen molar-refractivity contribution >= 4 is 16.8 Å². The molecule has 0 aromatic heterocycles. The number of thioether (sulfide) groups is 1. The van der Waals surface area contributed by atoms with Crippen molar-refractivity contribution in [2.24, 2.45) is 5.16 Å². The highest BCUT2D eigenvalue weighted by molar-refractivity contribution is 8.14. The third-order valence-electron chi connectivity index (χ3n) is 0.935. The number of nitrogens with zero attached hydrogens (tertiary/aromatic N) is 1. The van der Waals surface area contributed by atoms with E-state index in [1.54, 1.807) is 11.8 Å². The fourth-order valence-electron chi connectivity index (χ4n) is 0.552. The lowest BCUT2D eigenvalue weighted by Gasteiger charge is -2.10. The summed E-state index contributed by atoms with van der Waals surface area (Å²) in [5.41, 5.74) is 0. The Morgan fingerprint density at radius 2 is 2.62 bits per heavy atom. The summed E-state index contributed by atoms with van der Waals surface area (Å²) in [5.74, 6) is 1.01. The fraction of sp³-hybridized carbons (Fsp3) is 0.750. The van der Waals surface area contributed by atoms with Crippen molar-refractivity contribution in [3.8, 4) is 0 Å². The van der Waals surface area contributed by atoms with E-state index >= 15 is 0 Å². The zero-order valence-electron chi connectivity index (χ0n) is 4.42. The molecule has 0 amide bonds. The van der Waals surface area contributed by atoms with Gasteiger partial charge in [-0.1, -0.05) is 5.16 Å². The van der Waals surface area contributed by atoms with Crippen LogP contribution in [0, 0.1) is 0 Å². The van der Waals surface area contributed by atoms with Crippen LogP contribution in [-0.2, 0) is 0 Å². The first-order valence-electron chi connectivity index (χ1n) is 2.48. The zero-order chi connectivity index (χ0) is 5.82. The molecule has 0 spiro atoms. The molecule has 1 rings (SSSR count). The molecule has 0 saturated carbocycles. The quantitative estimate of drug-likeness (QED) is 0.363. The second-order valence-electron chi connectivity index (χ2n) is 1.52. The van der Waals surface area contributed by atoms with Crippen molar-refractivity contribution in [2.75, 3.05) is 18.8 Å². The molecule has 0 atom stereocenters. The Bertz CT molecular complexity index is 96.2. The normalized spacial score (nSPS) is 26.2. The van der Waals surface area contributed by atoms with Gasteiger partial charge < -0.3 is 10.5 Å². The summed E-state index contributed by atoms with van der Waals surface area (Å²) in [6.45, 7) is 1.74. The summed E-state index contributed by atoms with van der Waals surface area (Å²) >= 11 is 1.60. The van der Waals surface area contributed by atoms with Gasteiger partial charge in [0, 0.05) is 18.8 Å². The van der Waals surface area contributed by atoms with Crippen LogP contribution in [0.5, 0.6) is 0 Å². The molecule has 0 radical (unpaired) electrons. The third kappa shape index (κ3) is 1.38. The zero-order valence-corrected chi connectivity index (χ0v) is 5.24. The first-order valence-corrected chi connectivity index (χ1v) is 3.46. The Labute approximate surface area is 52.1 Å². The lowest BCUT2D eigenvalue weighted by Crippen LogP contribution is -2.29. The van der Waals surface area contributed by atoms with E-state index in [-0.39, 0.29) is 0 Å². The number of oxime groups is 1. The second-order valence-corrected chi connectivity index (χ2v) is 2.69. The highest BCUT2D eigenvalue weighted by Gasteiger charge is 2.04. The molecular formula is C4H8N2OS. The van der Waals surface area contributed by atoms with E-state index in [0.29, 0.717) is 0 Å². The van der Waals surface area contributed by atoms with Gasteiger partial charge in [-0.2, -0.15) is 0 Å². The smallest absolute Gasteiger partial charge is 0.126 e. The Morgan fingerprint density at radius 1 is 1.75 bits per heavy atom. The van der Waals surface area contributed by atoms with E-state index < -0.39 is 0 Å². The molecule has 0 aliphatic carbocycles. The van der Waals surface area contributed by atoms with Gasteiger partial charge in [-0.15, -0.1) is 11.8 Å². The summed E-state index contributed by atoms with van der Waals surface area (Å²) in [5, 5.41) is 15.1. The van der Waals surface area contributed by atoms with E-state index in [1.807, 2.05) is 0 Å². The van der Waals surface area contributed by atoms with Gasteiger partial charge in [0.2, 0.25) is 0 Å². The van der Waals surface area contributed by atoms with Crippen molar-refractivity contribution in [1.82, 2.24) is 5.32 Å². The van der Waals surface area contributed by atoms with Gasteiger partial charge in [0.05, 0.1) is 0 Å². The summed E-state index contributed by atoms with van der Waals surface area (Å²) in [7, 11) is 0. The summed E-state index contributed by atoms with van der Waals surface area (Å²) < 4.78 is 0. The van der Waals surface area contributed by atoms with Gasteiger partial charge in [0.25, 0.3) is 0 Å². The van der Waals surface area contributed by atoms with Crippen LogP contribution in [0.25, 0.3) is 0 Å². The van der Waals surface area contributed by atoms with E-state index in [1.165, 1.54) is 0 Å². The van der Waals surface area contributed by atoms with Crippen LogP contribution in [0.1, 0.15) is 0 Å². The van der Waals surface area contributed by atoms with Crippen molar-refractivity contribution in [3.63, 3.8) is 0 Å². The minimum Gasteiger partial charge on any atom is -0.410 e. The minimum absolute atomic E-state index is 0.723. The topological polar surface area (TPSA) is 44.6 Å². The third-order valence-corrected chi connectivity index (χ3v) is 1.90. The molecule has 0 aromatic carbocycles. The van der Waals surface area contributed by atoms with Crippen molar-refractivity contribution in [2.45, 2.75) is 0 Å². The summed E-state index contributed by atoms with van der Waals surface area (Å²) in [6, 6.07) is 0. The maximum atomic E-state index is 8.22. The van der Waals surface area contributed by atoms with Gasteiger partial charge in [0.15, 0.2) is 0 Å². The molecule has 1 heterocycles. The Hall–Kier alpha value is -0.220. The second kappa shape index (κ2) is 2.94. The van der Waals surface area contributed by atoms with Crippen LogP contribution in [0.2, 0.25) is 0 Å². The molecule has 1 aliphatic heterocycles. The predicted octanol–water partition coefficient (Wildman–Crippen LogP) is 0.111. The van der Waals surface area contributed by atoms with Gasteiger partial charge >= 0.3 is 0 Å². The van der Waals surface area contributed by atoms with E-state index in [2.05, 4.69) is 10.5 Å². The first-order chi connectivity index (χ1) is 3.93. The van der Waals surface area contributed by atoms with Crippen LogP contribution in [0.3, 0.4) is 0 Å². The maximum absolute atomic E-state index is 8.22. The fourth-order valence-corrected chi connectivity index (χ4v) is 1.30. The molecule has 0 aromatic rings. The molecule has 3 nitrogen and oxygen atoms in total. The number of rotatable bonds is 0. The van der Waals surface area contributed by atoms with Crippen LogP contribution >= 0.6 is 11.8 Å². The van der Waals surface area contributed by atoms with Gasteiger partial charge in [-0.25, -0.2) is 0 Å². The Morgan fingerprint density at radius 3 is 3.00 bits per heavy atom. The van der Waals surface area contributed by atoms with Gasteiger partial charge in [0.1, 0.15) is 5.04 Å². The van der Waals surface area contributed by atoms with E-state index in [0.717, 1.165) is 23.9 Å². The average Bonchev–Trinajstić information content (AvgIpc) is 1.90. The van der Waals surface area contributed by atoms with E-state index in [4.69, 9.17) is 5.21 Å². The SMILES string of the molecule is O/N=C1\CNCCS1. The molecular weight excluding hydrogens is 124 g/mol. The number of hydrogen-bond donors (Lipinski definition) is 2. The lowest BCUT2D eigenvalue weighted by molar-refractivity contribution is 0.319. The molecule has 0 unspecified atom stereocenters. The molecule has 8 heavy (non-hydrogen) atoms. The molecule has 1 aliphatic rings. The lowest BCUT2D eigenvalue weighted by atomic mass is 10.6. The van der Waals surface area contributed by atoms with E-state index in [9.17, 15) is 0 Å². The number of nitrogens with one attached hydrogen (secondary N) is 1. The standard InChI is InChI=1S/C4H8N2OS/c7-6-4-3-5-1-2-8-4/h5,7H,1-3H2/b6-4+. The van der Waals surface area contributed by atoms with Crippen LogP contribution in [0.4, 0.5) is 0 Å². The largest absolute Gasteiger partial charge is 0.410 e. The van der Waals surface area contributed by atoms with Crippen LogP contribution in [0.15, 0.2) is 5.16 Å². The van der Waals surface area contributed by atoms with Gasteiger partial charge in [-0.05, 0) is 0 Å². The maximum Gasteiger partial charge on any atom is 0.126 e. The van der Waals surface area contributed by atoms with Gasteiger partial charge in [-0.3, -0.25) is 0 Å². The molecule has 1 fully saturated rings. The molecule has 0 bridgehead atoms. The van der Waals surface area contributed by atoms with Crippen molar-refractivity contribution in [1.29, 1.82) is 0 Å². The Balaban J connectivity index is 2.33. The minimum atomic E-state index is 0.723. The van der Waals surface area contributed by atoms with Crippen LogP contribution < -0.4 is 5.32 Å². The molecule has 46 valence electrons. The molecule has 4 heteroatoms. The average molecular weight is 132 g/mol. The number of hydrogen-bond acceptors (Lipinski definition) is 4. The highest BCUT2D eigenvalue weighted by atomic mass is 32.2. The Kier molecular flexibility index (Phi) is 2.17.